The predicted octanol–water partition coefficient (Wildman–Crippen LogP) is 2.98. The summed E-state index contributed by atoms with van der Waals surface area (Å²) in [5, 5.41) is 5.45. The second kappa shape index (κ2) is 10.2. The Morgan fingerprint density at radius 3 is 2.59 bits per heavy atom. The number of rotatable bonds is 6. The molecule has 3 amide bonds. The van der Waals surface area contributed by atoms with Crippen molar-refractivity contribution in [1.29, 1.82) is 0 Å². The highest BCUT2D eigenvalue weighted by atomic mass is 35.5. The molecule has 0 spiro atoms. The number of esters is 1. The van der Waals surface area contributed by atoms with Crippen LogP contribution in [0.1, 0.15) is 44.6 Å². The van der Waals surface area contributed by atoms with Crippen LogP contribution in [0.15, 0.2) is 18.2 Å². The Labute approximate surface area is 163 Å². The van der Waals surface area contributed by atoms with E-state index in [0.717, 1.165) is 25.7 Å². The van der Waals surface area contributed by atoms with Crippen molar-refractivity contribution in [1.82, 2.24) is 10.6 Å². The fourth-order valence-electron chi connectivity index (χ4n) is 3.02. The average Bonchev–Trinajstić information content (AvgIpc) is 2.62. The zero-order valence-electron chi connectivity index (χ0n) is 15.5. The minimum atomic E-state index is -1.10. The number of imide groups is 1. The molecule has 1 saturated carbocycles. The number of amides is 3. The normalized spacial score (nSPS) is 15.5. The van der Waals surface area contributed by atoms with Crippen molar-refractivity contribution >= 4 is 29.5 Å². The van der Waals surface area contributed by atoms with Gasteiger partial charge >= 0.3 is 12.0 Å². The van der Waals surface area contributed by atoms with Gasteiger partial charge in [-0.3, -0.25) is 14.9 Å². The summed E-state index contributed by atoms with van der Waals surface area (Å²) in [6, 6.07) is 4.42. The summed E-state index contributed by atoms with van der Waals surface area (Å²) in [6.07, 6.45) is 3.93. The van der Waals surface area contributed by atoms with Crippen LogP contribution < -0.4 is 15.4 Å². The van der Waals surface area contributed by atoms with Gasteiger partial charge in [0.1, 0.15) is 5.75 Å². The molecule has 0 aromatic heterocycles. The topological polar surface area (TPSA) is 93.7 Å². The molecule has 1 aromatic rings. The summed E-state index contributed by atoms with van der Waals surface area (Å²) in [4.78, 5) is 36.1. The van der Waals surface area contributed by atoms with Crippen molar-refractivity contribution in [2.24, 2.45) is 0 Å². The van der Waals surface area contributed by atoms with Crippen LogP contribution in [0.4, 0.5) is 4.79 Å². The number of hydrogen-bond acceptors (Lipinski definition) is 5. The molecule has 0 aliphatic heterocycles. The van der Waals surface area contributed by atoms with Crippen molar-refractivity contribution in [2.45, 2.75) is 57.6 Å². The van der Waals surface area contributed by atoms with Crippen LogP contribution in [0.25, 0.3) is 0 Å². The van der Waals surface area contributed by atoms with E-state index in [4.69, 9.17) is 21.1 Å². The van der Waals surface area contributed by atoms with Gasteiger partial charge in [0.05, 0.1) is 13.5 Å². The van der Waals surface area contributed by atoms with E-state index in [2.05, 4.69) is 10.6 Å². The van der Waals surface area contributed by atoms with Crippen LogP contribution >= 0.6 is 11.6 Å². The number of carbonyl (C=O) groups is 3. The highest BCUT2D eigenvalue weighted by Gasteiger charge is 2.22. The van der Waals surface area contributed by atoms with Crippen molar-refractivity contribution in [3.8, 4) is 5.75 Å². The maximum atomic E-state index is 12.1. The number of ether oxygens (including phenoxy) is 2. The lowest BCUT2D eigenvalue weighted by Crippen LogP contribution is -2.48. The molecule has 1 aromatic carbocycles. The molecule has 0 heterocycles. The molecule has 2 N–H and O–H groups in total. The van der Waals surface area contributed by atoms with Crippen molar-refractivity contribution in [3.05, 3.63) is 28.8 Å². The summed E-state index contributed by atoms with van der Waals surface area (Å²) in [5.41, 5.74) is 0.553. The van der Waals surface area contributed by atoms with E-state index < -0.39 is 24.0 Å². The van der Waals surface area contributed by atoms with Gasteiger partial charge < -0.3 is 14.8 Å². The molecule has 2 rings (SSSR count). The van der Waals surface area contributed by atoms with Gasteiger partial charge in [0.2, 0.25) is 0 Å². The fraction of sp³-hybridized carbons (Fsp3) is 0.526. The second-order valence-electron chi connectivity index (χ2n) is 6.56. The Kier molecular flexibility index (Phi) is 7.91. The molecule has 1 atom stereocenters. The molecule has 1 aliphatic carbocycles. The minimum Gasteiger partial charge on any atom is -0.496 e. The van der Waals surface area contributed by atoms with Crippen molar-refractivity contribution in [2.75, 3.05) is 7.11 Å². The second-order valence-corrected chi connectivity index (χ2v) is 7.00. The van der Waals surface area contributed by atoms with E-state index in [9.17, 15) is 14.4 Å². The van der Waals surface area contributed by atoms with Gasteiger partial charge in [-0.2, -0.15) is 0 Å². The molecule has 148 valence electrons. The number of nitrogens with one attached hydrogen (secondary N) is 2. The van der Waals surface area contributed by atoms with Crippen LogP contribution in [-0.2, 0) is 20.7 Å². The summed E-state index contributed by atoms with van der Waals surface area (Å²) < 4.78 is 10.3. The number of hydrogen-bond donors (Lipinski definition) is 2. The Bertz CT molecular complexity index is 689. The van der Waals surface area contributed by atoms with Crippen LogP contribution in [0, 0.1) is 0 Å². The standard InChI is InChI=1S/C19H25ClN2O5/c1-12(18(24)22-19(25)21-15-6-4-3-5-7-15)27-17(23)11-13-10-14(20)8-9-16(13)26-2/h8-10,12,15H,3-7,11H2,1-2H3,(H2,21,22,24,25)/t12-/m0/s1. The molecule has 0 radical (unpaired) electrons. The Balaban J connectivity index is 1.81. The largest absolute Gasteiger partial charge is 0.496 e. The molecule has 0 bridgehead atoms. The molecule has 0 unspecified atom stereocenters. The third kappa shape index (κ3) is 6.75. The first kappa shape index (κ1) is 21.0. The maximum absolute atomic E-state index is 12.1. The fourth-order valence-corrected chi connectivity index (χ4v) is 3.21. The summed E-state index contributed by atoms with van der Waals surface area (Å²) in [7, 11) is 1.49. The lowest BCUT2D eigenvalue weighted by molar-refractivity contribution is -0.153. The van der Waals surface area contributed by atoms with Crippen LogP contribution in [-0.4, -0.2) is 37.2 Å². The van der Waals surface area contributed by atoms with Crippen molar-refractivity contribution < 1.29 is 23.9 Å². The molecule has 27 heavy (non-hydrogen) atoms. The SMILES string of the molecule is COc1ccc(Cl)cc1CC(=O)O[C@@H](C)C(=O)NC(=O)NC1CCCCC1. The third-order valence-electron chi connectivity index (χ3n) is 4.43. The number of methoxy groups -OCH3 is 1. The van der Waals surface area contributed by atoms with Crippen LogP contribution in [0.3, 0.4) is 0 Å². The first-order chi connectivity index (χ1) is 12.9. The van der Waals surface area contributed by atoms with Gasteiger partial charge in [0.15, 0.2) is 6.10 Å². The van der Waals surface area contributed by atoms with E-state index in [-0.39, 0.29) is 12.5 Å². The lowest BCUT2D eigenvalue weighted by Gasteiger charge is -2.23. The number of benzene rings is 1. The predicted molar refractivity (Wildman–Crippen MR) is 101 cm³/mol. The van der Waals surface area contributed by atoms with E-state index in [1.54, 1.807) is 18.2 Å². The van der Waals surface area contributed by atoms with Gasteiger partial charge in [-0.25, -0.2) is 4.79 Å². The van der Waals surface area contributed by atoms with Gasteiger partial charge in [0, 0.05) is 16.6 Å². The number of halogens is 1. The summed E-state index contributed by atoms with van der Waals surface area (Å²) in [6.45, 7) is 1.41. The van der Waals surface area contributed by atoms with Crippen LogP contribution in [0.5, 0.6) is 5.75 Å². The molecule has 1 fully saturated rings. The van der Waals surface area contributed by atoms with E-state index in [1.165, 1.54) is 20.5 Å². The van der Waals surface area contributed by atoms with Crippen molar-refractivity contribution in [3.63, 3.8) is 0 Å². The molecule has 0 saturated heterocycles. The summed E-state index contributed by atoms with van der Waals surface area (Å²) >= 11 is 5.93. The summed E-state index contributed by atoms with van der Waals surface area (Å²) in [5.74, 6) is -0.791. The average molecular weight is 397 g/mol. The molecule has 8 heteroatoms. The maximum Gasteiger partial charge on any atom is 0.321 e. The highest BCUT2D eigenvalue weighted by Crippen LogP contribution is 2.23. The third-order valence-corrected chi connectivity index (χ3v) is 4.67. The highest BCUT2D eigenvalue weighted by molar-refractivity contribution is 6.30. The minimum absolute atomic E-state index is 0.0831. The van der Waals surface area contributed by atoms with Crippen LogP contribution in [0.2, 0.25) is 5.02 Å². The quantitative estimate of drug-likeness (QED) is 0.721. The smallest absolute Gasteiger partial charge is 0.321 e. The number of carbonyl (C=O) groups excluding carboxylic acids is 3. The Morgan fingerprint density at radius 2 is 1.93 bits per heavy atom. The molecule has 1 aliphatic rings. The van der Waals surface area contributed by atoms with Gasteiger partial charge in [0.25, 0.3) is 5.91 Å². The first-order valence-corrected chi connectivity index (χ1v) is 9.40. The Hall–Kier alpha value is -2.28. The lowest BCUT2D eigenvalue weighted by atomic mass is 9.96. The first-order valence-electron chi connectivity index (χ1n) is 9.02. The molecular formula is C19H25ClN2O5. The van der Waals surface area contributed by atoms with E-state index in [1.807, 2.05) is 0 Å². The monoisotopic (exact) mass is 396 g/mol. The molecule has 7 nitrogen and oxygen atoms in total. The number of urea groups is 1. The van der Waals surface area contributed by atoms with E-state index in [0.29, 0.717) is 16.3 Å². The van der Waals surface area contributed by atoms with Gasteiger partial charge in [-0.1, -0.05) is 30.9 Å². The zero-order valence-corrected chi connectivity index (χ0v) is 16.3. The van der Waals surface area contributed by atoms with Gasteiger partial charge in [-0.15, -0.1) is 0 Å². The zero-order chi connectivity index (χ0) is 19.8. The Morgan fingerprint density at radius 1 is 1.22 bits per heavy atom. The van der Waals surface area contributed by atoms with Gasteiger partial charge in [-0.05, 0) is 38.0 Å². The van der Waals surface area contributed by atoms with E-state index >= 15 is 0 Å². The molecular weight excluding hydrogens is 372 g/mol.